The maximum Gasteiger partial charge on any atom is 0.0480 e. The standard InChI is InChI=1S/C17H22N4.C7H8S/c1-12-6-13(10-20-12)11-21-5-4-15-7-14(2-3-17(15)21)16(8-18)9-19;1-6-3-2-4-7(8)5-6/h2-5,7-9,12-13,18,20H,6,10-11,19H2,1H3;2-5,8H,1H3/b16-9+,18-8?;. The highest BCUT2D eigenvalue weighted by Gasteiger charge is 2.21. The molecule has 3 aromatic rings. The number of thiol groups is 1. The van der Waals surface area contributed by atoms with Crippen molar-refractivity contribution in [1.82, 2.24) is 9.88 Å². The molecule has 1 aromatic heterocycles. The number of aryl methyl sites for hydroxylation is 1. The second kappa shape index (κ2) is 9.81. The molecule has 4 N–H and O–H groups in total. The van der Waals surface area contributed by atoms with Crippen molar-refractivity contribution in [3.63, 3.8) is 0 Å². The van der Waals surface area contributed by atoms with E-state index in [2.05, 4.69) is 66.8 Å². The molecule has 2 unspecified atom stereocenters. The lowest BCUT2D eigenvalue weighted by atomic mass is 10.1. The van der Waals surface area contributed by atoms with Crippen LogP contribution in [-0.4, -0.2) is 23.4 Å². The van der Waals surface area contributed by atoms with Crippen molar-refractivity contribution in [2.45, 2.75) is 37.8 Å². The van der Waals surface area contributed by atoms with Crippen LogP contribution in [-0.2, 0) is 6.54 Å². The van der Waals surface area contributed by atoms with Gasteiger partial charge in [-0.25, -0.2) is 0 Å². The molecule has 2 heterocycles. The molecule has 2 atom stereocenters. The number of rotatable bonds is 4. The summed E-state index contributed by atoms with van der Waals surface area (Å²) in [5.41, 5.74) is 9.82. The zero-order valence-electron chi connectivity index (χ0n) is 17.1. The van der Waals surface area contributed by atoms with Gasteiger partial charge < -0.3 is 21.0 Å². The first-order chi connectivity index (χ1) is 14.0. The van der Waals surface area contributed by atoms with Crippen molar-refractivity contribution < 1.29 is 0 Å². The minimum Gasteiger partial charge on any atom is -0.404 e. The first-order valence-corrected chi connectivity index (χ1v) is 10.5. The average molecular weight is 407 g/mol. The van der Waals surface area contributed by atoms with E-state index in [1.807, 2.05) is 24.3 Å². The lowest BCUT2D eigenvalue weighted by Gasteiger charge is -2.11. The van der Waals surface area contributed by atoms with Crippen molar-refractivity contribution in [2.24, 2.45) is 11.7 Å². The Hall–Kier alpha value is -2.50. The van der Waals surface area contributed by atoms with E-state index in [4.69, 9.17) is 11.1 Å². The van der Waals surface area contributed by atoms with Crippen molar-refractivity contribution in [2.75, 3.05) is 6.54 Å². The van der Waals surface area contributed by atoms with E-state index < -0.39 is 0 Å². The number of nitrogens with two attached hydrogens (primary N) is 1. The lowest BCUT2D eigenvalue weighted by molar-refractivity contribution is 0.483. The summed E-state index contributed by atoms with van der Waals surface area (Å²) < 4.78 is 2.33. The van der Waals surface area contributed by atoms with Crippen molar-refractivity contribution in [1.29, 1.82) is 5.41 Å². The molecule has 2 aromatic carbocycles. The maximum atomic E-state index is 7.39. The van der Waals surface area contributed by atoms with Crippen LogP contribution >= 0.6 is 12.6 Å². The van der Waals surface area contributed by atoms with Gasteiger partial charge in [0, 0.05) is 52.6 Å². The predicted molar refractivity (Wildman–Crippen MR) is 127 cm³/mol. The molecule has 0 saturated carbocycles. The highest BCUT2D eigenvalue weighted by atomic mass is 32.1. The highest BCUT2D eigenvalue weighted by molar-refractivity contribution is 7.80. The molecular weight excluding hydrogens is 376 g/mol. The Morgan fingerprint density at radius 3 is 2.69 bits per heavy atom. The summed E-state index contributed by atoms with van der Waals surface area (Å²) in [6.07, 6.45) is 6.18. The summed E-state index contributed by atoms with van der Waals surface area (Å²) in [5, 5.41) is 12.1. The van der Waals surface area contributed by atoms with Gasteiger partial charge in [0.15, 0.2) is 0 Å². The van der Waals surface area contributed by atoms with Crippen LogP contribution in [0.5, 0.6) is 0 Å². The van der Waals surface area contributed by atoms with E-state index >= 15 is 0 Å². The SMILES string of the molecule is CC1CC(Cn2ccc3cc(/C(C=N)=C/N)ccc32)CN1.Cc1cccc(S)c1. The fraction of sp³-hybridized carbons (Fsp3) is 0.292. The van der Waals surface area contributed by atoms with E-state index in [1.165, 1.54) is 35.3 Å². The molecular formula is C24H30N4S. The van der Waals surface area contributed by atoms with E-state index in [0.717, 1.165) is 29.1 Å². The Morgan fingerprint density at radius 2 is 2.10 bits per heavy atom. The summed E-state index contributed by atoms with van der Waals surface area (Å²) in [5.74, 6) is 0.705. The third-order valence-corrected chi connectivity index (χ3v) is 5.62. The van der Waals surface area contributed by atoms with Gasteiger partial charge >= 0.3 is 0 Å². The van der Waals surface area contributed by atoms with Gasteiger partial charge in [-0.15, -0.1) is 12.6 Å². The maximum absolute atomic E-state index is 7.39. The van der Waals surface area contributed by atoms with E-state index in [-0.39, 0.29) is 0 Å². The zero-order valence-corrected chi connectivity index (χ0v) is 18.0. The largest absolute Gasteiger partial charge is 0.404 e. The van der Waals surface area contributed by atoms with Gasteiger partial charge in [-0.05, 0) is 68.6 Å². The van der Waals surface area contributed by atoms with Gasteiger partial charge in [0.25, 0.3) is 0 Å². The van der Waals surface area contributed by atoms with Crippen LogP contribution in [0.1, 0.15) is 24.5 Å². The lowest BCUT2D eigenvalue weighted by Crippen LogP contribution is -2.17. The molecule has 1 fully saturated rings. The van der Waals surface area contributed by atoms with E-state index in [0.29, 0.717) is 12.0 Å². The number of hydrogen-bond donors (Lipinski definition) is 4. The van der Waals surface area contributed by atoms with Gasteiger partial charge in [-0.3, -0.25) is 0 Å². The summed E-state index contributed by atoms with van der Waals surface area (Å²) in [6, 6.07) is 17.1. The van der Waals surface area contributed by atoms with Gasteiger partial charge in [-0.2, -0.15) is 0 Å². The van der Waals surface area contributed by atoms with Gasteiger partial charge in [0.1, 0.15) is 0 Å². The fourth-order valence-electron chi connectivity index (χ4n) is 3.85. The number of allylic oxidation sites excluding steroid dienone is 1. The molecule has 4 rings (SSSR count). The van der Waals surface area contributed by atoms with Crippen LogP contribution < -0.4 is 11.1 Å². The second-order valence-electron chi connectivity index (χ2n) is 7.76. The Morgan fingerprint density at radius 1 is 1.28 bits per heavy atom. The average Bonchev–Trinajstić information content (AvgIpc) is 3.29. The fourth-order valence-corrected chi connectivity index (χ4v) is 4.14. The quantitative estimate of drug-likeness (QED) is 0.369. The van der Waals surface area contributed by atoms with E-state index in [9.17, 15) is 0 Å². The molecule has 5 heteroatoms. The third-order valence-electron chi connectivity index (χ3n) is 5.34. The molecule has 0 bridgehead atoms. The molecule has 0 amide bonds. The van der Waals surface area contributed by atoms with Crippen LogP contribution in [0.3, 0.4) is 0 Å². The number of nitrogens with one attached hydrogen (secondary N) is 2. The molecule has 0 spiro atoms. The Bertz CT molecular complexity index is 988. The molecule has 1 aliphatic rings. The molecule has 0 aliphatic carbocycles. The molecule has 0 radical (unpaired) electrons. The predicted octanol–water partition coefficient (Wildman–Crippen LogP) is 4.87. The summed E-state index contributed by atoms with van der Waals surface area (Å²) in [7, 11) is 0. The summed E-state index contributed by atoms with van der Waals surface area (Å²) in [6.45, 7) is 6.47. The highest BCUT2D eigenvalue weighted by Crippen LogP contribution is 2.24. The third kappa shape index (κ3) is 5.52. The second-order valence-corrected chi connectivity index (χ2v) is 8.27. The first-order valence-electron chi connectivity index (χ1n) is 10.0. The summed E-state index contributed by atoms with van der Waals surface area (Å²) in [4.78, 5) is 1.03. The van der Waals surface area contributed by atoms with E-state index in [1.54, 1.807) is 0 Å². The van der Waals surface area contributed by atoms with Crippen molar-refractivity contribution in [3.05, 3.63) is 72.1 Å². The molecule has 1 aliphatic heterocycles. The molecule has 4 nitrogen and oxygen atoms in total. The Balaban J connectivity index is 0.000000252. The van der Waals surface area contributed by atoms with Crippen molar-refractivity contribution in [3.8, 4) is 0 Å². The Kier molecular flexibility index (Phi) is 7.18. The van der Waals surface area contributed by atoms with Crippen LogP contribution in [0.15, 0.2) is 65.8 Å². The van der Waals surface area contributed by atoms with Crippen LogP contribution in [0, 0.1) is 18.3 Å². The van der Waals surface area contributed by atoms with Gasteiger partial charge in [0.05, 0.1) is 0 Å². The first kappa shape index (κ1) is 21.2. The van der Waals surface area contributed by atoms with Crippen LogP contribution in [0.4, 0.5) is 0 Å². The topological polar surface area (TPSA) is 66.8 Å². The minimum atomic E-state index is 0.633. The van der Waals surface area contributed by atoms with Gasteiger partial charge in [0.2, 0.25) is 0 Å². The molecule has 152 valence electrons. The minimum absolute atomic E-state index is 0.633. The smallest absolute Gasteiger partial charge is 0.0480 e. The normalized spacial score (nSPS) is 19.1. The van der Waals surface area contributed by atoms with Crippen LogP contribution in [0.25, 0.3) is 16.5 Å². The monoisotopic (exact) mass is 406 g/mol. The number of nitrogens with zero attached hydrogens (tertiary/aromatic N) is 1. The molecule has 1 saturated heterocycles. The van der Waals surface area contributed by atoms with Gasteiger partial charge in [-0.1, -0.05) is 23.8 Å². The van der Waals surface area contributed by atoms with Crippen LogP contribution in [0.2, 0.25) is 0 Å². The van der Waals surface area contributed by atoms with Crippen molar-refractivity contribution >= 4 is 35.3 Å². The molecule has 29 heavy (non-hydrogen) atoms. The number of hydrogen-bond acceptors (Lipinski definition) is 4. The summed E-state index contributed by atoms with van der Waals surface area (Å²) >= 11 is 4.15. The zero-order chi connectivity index (χ0) is 20.8. The number of fused-ring (bicyclic) bond motifs is 1. The number of benzene rings is 2. The Labute approximate surface area is 178 Å². The number of aromatic nitrogens is 1.